The van der Waals surface area contributed by atoms with Crippen molar-refractivity contribution in [3.63, 3.8) is 0 Å². The predicted octanol–water partition coefficient (Wildman–Crippen LogP) is 2.69. The molecule has 0 heterocycles. The Balaban J connectivity index is 1.88. The zero-order chi connectivity index (χ0) is 19.1. The largest absolute Gasteiger partial charge is 0.484 e. The van der Waals surface area contributed by atoms with Crippen LogP contribution in [0.25, 0.3) is 0 Å². The molecule has 0 radical (unpaired) electrons. The Kier molecular flexibility index (Phi) is 6.17. The summed E-state index contributed by atoms with van der Waals surface area (Å²) in [5.41, 5.74) is 2.18. The lowest BCUT2D eigenvalue weighted by Crippen LogP contribution is -2.24. The molecule has 0 spiro atoms. The van der Waals surface area contributed by atoms with Gasteiger partial charge >= 0.3 is 0 Å². The van der Waals surface area contributed by atoms with Gasteiger partial charge in [-0.2, -0.15) is 5.10 Å². The van der Waals surface area contributed by atoms with Gasteiger partial charge in [0.2, 0.25) is 0 Å². The molecule has 0 aliphatic rings. The number of hydrogen-bond acceptors (Lipinski definition) is 7. The van der Waals surface area contributed by atoms with E-state index in [0.717, 1.165) is 0 Å². The molecule has 1 amide bonds. The number of ether oxygens (including phenoxy) is 1. The van der Waals surface area contributed by atoms with Crippen LogP contribution in [0.1, 0.15) is 5.56 Å². The van der Waals surface area contributed by atoms with Crippen molar-refractivity contribution in [3.8, 4) is 5.75 Å². The predicted molar refractivity (Wildman–Crippen MR) is 92.4 cm³/mol. The highest BCUT2D eigenvalue weighted by molar-refractivity contribution is 6.33. The Bertz CT molecular complexity index is 869. The fourth-order valence-electron chi connectivity index (χ4n) is 1.76. The molecule has 0 aliphatic heterocycles. The van der Waals surface area contributed by atoms with Crippen molar-refractivity contribution in [2.45, 2.75) is 0 Å². The summed E-state index contributed by atoms with van der Waals surface area (Å²) in [7, 11) is 0. The lowest BCUT2D eigenvalue weighted by atomic mass is 10.2. The van der Waals surface area contributed by atoms with Gasteiger partial charge in [0, 0.05) is 34.9 Å². The van der Waals surface area contributed by atoms with E-state index in [-0.39, 0.29) is 34.3 Å². The van der Waals surface area contributed by atoms with Crippen LogP contribution in [0.5, 0.6) is 5.75 Å². The van der Waals surface area contributed by atoms with Crippen molar-refractivity contribution in [2.24, 2.45) is 5.10 Å². The second kappa shape index (κ2) is 8.53. The Morgan fingerprint density at radius 2 is 1.73 bits per heavy atom. The average Bonchev–Trinajstić information content (AvgIpc) is 2.61. The lowest BCUT2D eigenvalue weighted by molar-refractivity contribution is -0.385. The minimum Gasteiger partial charge on any atom is -0.484 e. The highest BCUT2D eigenvalue weighted by Gasteiger charge is 2.09. The third-order valence-electron chi connectivity index (χ3n) is 3.00. The van der Waals surface area contributed by atoms with Crippen LogP contribution in [-0.2, 0) is 4.79 Å². The van der Waals surface area contributed by atoms with E-state index in [2.05, 4.69) is 10.5 Å². The molecule has 0 saturated heterocycles. The number of nitro groups is 2. The summed E-state index contributed by atoms with van der Waals surface area (Å²) in [6, 6.07) is 9.02. The Hall–Kier alpha value is -3.53. The first-order valence-corrected chi connectivity index (χ1v) is 7.37. The topological polar surface area (TPSA) is 137 Å². The maximum atomic E-state index is 11.6. The van der Waals surface area contributed by atoms with E-state index in [1.54, 1.807) is 0 Å². The number of nitrogens with one attached hydrogen (secondary N) is 1. The second-order valence-electron chi connectivity index (χ2n) is 4.80. The average molecular weight is 379 g/mol. The Morgan fingerprint density at radius 3 is 2.35 bits per heavy atom. The van der Waals surface area contributed by atoms with Crippen LogP contribution in [0.15, 0.2) is 47.6 Å². The first-order valence-electron chi connectivity index (χ1n) is 7.00. The molecule has 0 aliphatic carbocycles. The number of hydrogen-bond donors (Lipinski definition) is 1. The van der Waals surface area contributed by atoms with Crippen LogP contribution in [-0.4, -0.2) is 28.6 Å². The van der Waals surface area contributed by atoms with Crippen molar-refractivity contribution in [1.82, 2.24) is 5.43 Å². The number of carbonyl (C=O) groups excluding carboxylic acids is 1. The number of amides is 1. The highest BCUT2D eigenvalue weighted by atomic mass is 35.5. The molecule has 134 valence electrons. The summed E-state index contributed by atoms with van der Waals surface area (Å²) in [6.45, 7) is -0.377. The Labute approximate surface area is 151 Å². The number of hydrazone groups is 1. The van der Waals surface area contributed by atoms with E-state index < -0.39 is 15.8 Å². The summed E-state index contributed by atoms with van der Waals surface area (Å²) < 4.78 is 5.16. The molecule has 0 saturated carbocycles. The molecule has 0 fully saturated rings. The van der Waals surface area contributed by atoms with Crippen LogP contribution in [0.2, 0.25) is 5.02 Å². The summed E-state index contributed by atoms with van der Waals surface area (Å²) in [6.07, 6.45) is 1.17. The van der Waals surface area contributed by atoms with Crippen molar-refractivity contribution < 1.29 is 19.4 Å². The summed E-state index contributed by atoms with van der Waals surface area (Å²) in [5, 5.41) is 25.1. The molecule has 0 unspecified atom stereocenters. The maximum Gasteiger partial charge on any atom is 0.277 e. The van der Waals surface area contributed by atoms with Gasteiger partial charge in [-0.15, -0.1) is 0 Å². The second-order valence-corrected chi connectivity index (χ2v) is 5.20. The highest BCUT2D eigenvalue weighted by Crippen LogP contribution is 2.20. The summed E-state index contributed by atoms with van der Waals surface area (Å²) in [5.74, 6) is -0.322. The van der Waals surface area contributed by atoms with Crippen LogP contribution >= 0.6 is 11.6 Å². The first-order chi connectivity index (χ1) is 12.4. The smallest absolute Gasteiger partial charge is 0.277 e. The third kappa shape index (κ3) is 5.24. The molecule has 1 N–H and O–H groups in total. The fourth-order valence-corrected chi connectivity index (χ4v) is 1.93. The van der Waals surface area contributed by atoms with E-state index in [4.69, 9.17) is 16.3 Å². The SMILES string of the molecule is O=C(COc1ccc([N+](=O)[O-])cc1)N/N=C/c1cc([N+](=O)[O-])ccc1Cl. The van der Waals surface area contributed by atoms with Gasteiger partial charge in [-0.05, 0) is 18.2 Å². The third-order valence-corrected chi connectivity index (χ3v) is 3.34. The molecule has 0 aromatic heterocycles. The molecule has 0 atom stereocenters. The molecule has 2 aromatic rings. The summed E-state index contributed by atoms with van der Waals surface area (Å²) >= 11 is 5.89. The molecule has 0 bridgehead atoms. The monoisotopic (exact) mass is 378 g/mol. The minimum absolute atomic E-state index is 0.0970. The zero-order valence-electron chi connectivity index (χ0n) is 13.0. The Morgan fingerprint density at radius 1 is 1.12 bits per heavy atom. The van der Waals surface area contributed by atoms with Gasteiger partial charge in [-0.1, -0.05) is 11.6 Å². The van der Waals surface area contributed by atoms with E-state index in [0.29, 0.717) is 0 Å². The van der Waals surface area contributed by atoms with Gasteiger partial charge in [-0.3, -0.25) is 25.0 Å². The molecule has 10 nitrogen and oxygen atoms in total. The van der Waals surface area contributed by atoms with Crippen LogP contribution < -0.4 is 10.2 Å². The molecule has 11 heteroatoms. The zero-order valence-corrected chi connectivity index (χ0v) is 13.8. The summed E-state index contributed by atoms with van der Waals surface area (Å²) in [4.78, 5) is 31.8. The minimum atomic E-state index is -0.596. The number of rotatable bonds is 7. The number of nitrogens with zero attached hydrogens (tertiary/aromatic N) is 3. The van der Waals surface area contributed by atoms with E-state index >= 15 is 0 Å². The van der Waals surface area contributed by atoms with Gasteiger partial charge in [0.25, 0.3) is 17.3 Å². The number of non-ortho nitro benzene ring substituents is 2. The van der Waals surface area contributed by atoms with Crippen LogP contribution in [0, 0.1) is 20.2 Å². The number of carbonyl (C=O) groups is 1. The van der Waals surface area contributed by atoms with Gasteiger partial charge in [0.05, 0.1) is 16.1 Å². The van der Waals surface area contributed by atoms with Gasteiger partial charge < -0.3 is 4.74 Å². The number of nitro benzene ring substituents is 2. The molecular formula is C15H11ClN4O6. The van der Waals surface area contributed by atoms with Crippen LogP contribution in [0.3, 0.4) is 0 Å². The molecule has 26 heavy (non-hydrogen) atoms. The van der Waals surface area contributed by atoms with Crippen molar-refractivity contribution in [2.75, 3.05) is 6.61 Å². The van der Waals surface area contributed by atoms with Gasteiger partial charge in [0.1, 0.15) is 5.75 Å². The molecule has 2 rings (SSSR count). The van der Waals surface area contributed by atoms with E-state index in [9.17, 15) is 25.0 Å². The van der Waals surface area contributed by atoms with Crippen molar-refractivity contribution in [1.29, 1.82) is 0 Å². The standard InChI is InChI=1S/C15H11ClN4O6/c16-14-6-3-12(20(24)25)7-10(14)8-17-18-15(21)9-26-13-4-1-11(2-5-13)19(22)23/h1-8H,9H2,(H,18,21)/b17-8+. The fraction of sp³-hybridized carbons (Fsp3) is 0.0667. The quantitative estimate of drug-likeness (QED) is 0.446. The maximum absolute atomic E-state index is 11.6. The number of halogens is 1. The number of benzene rings is 2. The first kappa shape index (κ1) is 18.8. The molecular weight excluding hydrogens is 368 g/mol. The van der Waals surface area contributed by atoms with Crippen molar-refractivity contribution in [3.05, 3.63) is 73.3 Å². The van der Waals surface area contributed by atoms with E-state index in [1.807, 2.05) is 0 Å². The van der Waals surface area contributed by atoms with Crippen LogP contribution in [0.4, 0.5) is 11.4 Å². The molecule has 2 aromatic carbocycles. The normalized spacial score (nSPS) is 10.5. The van der Waals surface area contributed by atoms with Gasteiger partial charge in [-0.25, -0.2) is 5.43 Å². The van der Waals surface area contributed by atoms with Gasteiger partial charge in [0.15, 0.2) is 6.61 Å². The lowest BCUT2D eigenvalue weighted by Gasteiger charge is -2.04. The van der Waals surface area contributed by atoms with E-state index in [1.165, 1.54) is 48.7 Å². The van der Waals surface area contributed by atoms with Crippen molar-refractivity contribution >= 4 is 35.1 Å².